The van der Waals surface area contributed by atoms with Crippen molar-refractivity contribution in [3.63, 3.8) is 0 Å². The van der Waals surface area contributed by atoms with E-state index in [4.69, 9.17) is 0 Å². The number of carbonyl (C=O) groups excluding carboxylic acids is 2. The third-order valence-corrected chi connectivity index (χ3v) is 5.90. The summed E-state index contributed by atoms with van der Waals surface area (Å²) in [6.07, 6.45) is 7.79. The van der Waals surface area contributed by atoms with Gasteiger partial charge in [-0.3, -0.25) is 14.5 Å². The molecule has 1 saturated carbocycles. The van der Waals surface area contributed by atoms with E-state index in [1.807, 2.05) is 18.2 Å². The summed E-state index contributed by atoms with van der Waals surface area (Å²) in [5, 5.41) is 3.50. The van der Waals surface area contributed by atoms with E-state index in [0.717, 1.165) is 31.2 Å². The molecule has 3 fully saturated rings. The van der Waals surface area contributed by atoms with Crippen LogP contribution in [0.3, 0.4) is 0 Å². The normalized spacial score (nSPS) is 26.5. The Balaban J connectivity index is 1.60. The monoisotopic (exact) mass is 341 g/mol. The first-order valence-corrected chi connectivity index (χ1v) is 9.65. The van der Waals surface area contributed by atoms with Crippen LogP contribution in [0.4, 0.5) is 0 Å². The summed E-state index contributed by atoms with van der Waals surface area (Å²) in [4.78, 5) is 28.2. The van der Waals surface area contributed by atoms with E-state index in [2.05, 4.69) is 17.0 Å². The molecular weight excluding hydrogens is 314 g/mol. The van der Waals surface area contributed by atoms with E-state index in [-0.39, 0.29) is 17.9 Å². The van der Waals surface area contributed by atoms with Gasteiger partial charge in [-0.25, -0.2) is 10.0 Å². The molecule has 0 spiro atoms. The van der Waals surface area contributed by atoms with Crippen LogP contribution >= 0.6 is 0 Å². The van der Waals surface area contributed by atoms with Crippen LogP contribution < -0.4 is 0 Å². The lowest BCUT2D eigenvalue weighted by Gasteiger charge is -2.43. The van der Waals surface area contributed by atoms with Crippen molar-refractivity contribution in [1.29, 1.82) is 0 Å². The van der Waals surface area contributed by atoms with E-state index in [9.17, 15) is 9.59 Å². The Bertz CT molecular complexity index is 627. The van der Waals surface area contributed by atoms with E-state index in [1.54, 1.807) is 10.0 Å². The molecule has 1 aromatic carbocycles. The fourth-order valence-corrected chi connectivity index (χ4v) is 4.63. The first-order valence-electron chi connectivity index (χ1n) is 9.65. The molecule has 134 valence electrons. The second kappa shape index (κ2) is 7.16. The molecule has 4 rings (SSSR count). The smallest absolute Gasteiger partial charge is 0.255 e. The molecule has 0 aromatic heterocycles. The molecule has 1 atom stereocenters. The maximum atomic E-state index is 13.1. The van der Waals surface area contributed by atoms with Gasteiger partial charge in [0.1, 0.15) is 0 Å². The van der Waals surface area contributed by atoms with Gasteiger partial charge >= 0.3 is 0 Å². The molecule has 1 aliphatic carbocycles. The minimum atomic E-state index is -0.0160. The topological polar surface area (TPSA) is 43.9 Å². The largest absolute Gasteiger partial charge is 0.282 e. The number of benzene rings is 1. The Hall–Kier alpha value is -1.88. The van der Waals surface area contributed by atoms with Gasteiger partial charge in [-0.1, -0.05) is 49.6 Å². The highest BCUT2D eigenvalue weighted by atomic mass is 16.2. The number of fused-ring (bicyclic) bond motifs is 1. The number of rotatable bonds is 2. The molecule has 0 bridgehead atoms. The van der Waals surface area contributed by atoms with Gasteiger partial charge in [-0.2, -0.15) is 0 Å². The Morgan fingerprint density at radius 2 is 1.52 bits per heavy atom. The Morgan fingerprint density at radius 1 is 0.800 bits per heavy atom. The zero-order valence-corrected chi connectivity index (χ0v) is 14.8. The first kappa shape index (κ1) is 16.6. The molecule has 0 radical (unpaired) electrons. The van der Waals surface area contributed by atoms with Gasteiger partial charge < -0.3 is 0 Å². The van der Waals surface area contributed by atoms with Crippen LogP contribution in [0.25, 0.3) is 0 Å². The maximum Gasteiger partial charge on any atom is 0.255 e. The lowest BCUT2D eigenvalue weighted by atomic mass is 9.94. The average Bonchev–Trinajstić information content (AvgIpc) is 2.80. The van der Waals surface area contributed by atoms with Gasteiger partial charge in [0, 0.05) is 12.6 Å². The number of hydrazine groups is 1. The van der Waals surface area contributed by atoms with Crippen molar-refractivity contribution in [1.82, 2.24) is 14.9 Å². The van der Waals surface area contributed by atoms with Crippen molar-refractivity contribution in [2.75, 3.05) is 19.6 Å². The van der Waals surface area contributed by atoms with Crippen LogP contribution in [0.15, 0.2) is 30.3 Å². The third kappa shape index (κ3) is 3.30. The van der Waals surface area contributed by atoms with Crippen LogP contribution in [0.1, 0.15) is 56.6 Å². The van der Waals surface area contributed by atoms with Crippen molar-refractivity contribution in [2.45, 2.75) is 57.0 Å². The third-order valence-electron chi connectivity index (χ3n) is 5.90. The van der Waals surface area contributed by atoms with Crippen molar-refractivity contribution in [3.05, 3.63) is 35.9 Å². The van der Waals surface area contributed by atoms with Crippen LogP contribution in [-0.4, -0.2) is 52.4 Å². The predicted molar refractivity (Wildman–Crippen MR) is 95.4 cm³/mol. The van der Waals surface area contributed by atoms with Crippen molar-refractivity contribution in [3.8, 4) is 0 Å². The van der Waals surface area contributed by atoms with Gasteiger partial charge in [-0.05, 0) is 31.2 Å². The molecule has 0 N–H and O–H groups in total. The van der Waals surface area contributed by atoms with Gasteiger partial charge in [-0.15, -0.1) is 0 Å². The number of hydrogen-bond acceptors (Lipinski definition) is 3. The lowest BCUT2D eigenvalue weighted by Crippen LogP contribution is -2.54. The van der Waals surface area contributed by atoms with Gasteiger partial charge in [0.25, 0.3) is 11.8 Å². The highest BCUT2D eigenvalue weighted by Crippen LogP contribution is 2.34. The molecule has 0 unspecified atom stereocenters. The molecule has 5 nitrogen and oxygen atoms in total. The van der Waals surface area contributed by atoms with Crippen LogP contribution in [0.2, 0.25) is 0 Å². The standard InChI is InChI=1S/C20H27N3O2/c24-19-14-21(17-10-5-2-6-11-17)15-20(25)23-18(12-7-13-22(19)23)16-8-3-1-4-9-16/h1,3-4,8-9,17-18H,2,5-7,10-15H2/t18-/m0/s1. The summed E-state index contributed by atoms with van der Waals surface area (Å²) in [7, 11) is 0. The summed E-state index contributed by atoms with van der Waals surface area (Å²) in [5.74, 6) is 0.155. The van der Waals surface area contributed by atoms with Crippen molar-refractivity contribution < 1.29 is 9.59 Å². The zero-order valence-electron chi connectivity index (χ0n) is 14.8. The first-order chi connectivity index (χ1) is 12.2. The fourth-order valence-electron chi connectivity index (χ4n) is 4.63. The second-order valence-electron chi connectivity index (χ2n) is 7.52. The Labute approximate surface area is 149 Å². The highest BCUT2D eigenvalue weighted by molar-refractivity contribution is 5.87. The van der Waals surface area contributed by atoms with Crippen molar-refractivity contribution >= 4 is 11.8 Å². The zero-order chi connectivity index (χ0) is 17.2. The summed E-state index contributed by atoms with van der Waals surface area (Å²) in [5.41, 5.74) is 1.12. The van der Waals surface area contributed by atoms with E-state index in [1.165, 1.54) is 19.3 Å². The molecule has 2 aliphatic heterocycles. The Morgan fingerprint density at radius 3 is 2.28 bits per heavy atom. The van der Waals surface area contributed by atoms with Crippen LogP contribution in [-0.2, 0) is 9.59 Å². The average molecular weight is 341 g/mol. The quantitative estimate of drug-likeness (QED) is 0.831. The SMILES string of the molecule is O=C1CN(C2CCCCC2)CC(=O)N2[C@H](c3ccccc3)CCCN12. The number of amides is 2. The molecule has 1 aromatic rings. The van der Waals surface area contributed by atoms with Crippen LogP contribution in [0.5, 0.6) is 0 Å². The molecule has 2 amide bonds. The molecule has 5 heteroatoms. The molecular formula is C20H27N3O2. The van der Waals surface area contributed by atoms with Gasteiger partial charge in [0.15, 0.2) is 0 Å². The number of nitrogens with zero attached hydrogens (tertiary/aromatic N) is 3. The van der Waals surface area contributed by atoms with Crippen molar-refractivity contribution in [2.24, 2.45) is 0 Å². The maximum absolute atomic E-state index is 13.1. The highest BCUT2D eigenvalue weighted by Gasteiger charge is 2.41. The van der Waals surface area contributed by atoms with E-state index >= 15 is 0 Å². The van der Waals surface area contributed by atoms with Gasteiger partial charge in [0.2, 0.25) is 0 Å². The van der Waals surface area contributed by atoms with E-state index in [0.29, 0.717) is 25.7 Å². The van der Waals surface area contributed by atoms with Gasteiger partial charge in [0.05, 0.1) is 19.1 Å². The summed E-state index contributed by atoms with van der Waals surface area (Å²) in [6, 6.07) is 10.5. The minimum absolute atomic E-state index is 0.0160. The predicted octanol–water partition coefficient (Wildman–Crippen LogP) is 2.74. The van der Waals surface area contributed by atoms with E-state index < -0.39 is 0 Å². The second-order valence-corrected chi connectivity index (χ2v) is 7.52. The Kier molecular flexibility index (Phi) is 4.75. The molecule has 25 heavy (non-hydrogen) atoms. The lowest BCUT2D eigenvalue weighted by molar-refractivity contribution is -0.171. The molecule has 2 heterocycles. The number of carbonyl (C=O) groups is 2. The number of hydrogen-bond donors (Lipinski definition) is 0. The summed E-state index contributed by atoms with van der Waals surface area (Å²) in [6.45, 7) is 1.41. The molecule has 2 saturated heterocycles. The molecule has 3 aliphatic rings. The minimum Gasteiger partial charge on any atom is -0.282 e. The fraction of sp³-hybridized carbons (Fsp3) is 0.600. The van der Waals surface area contributed by atoms with Crippen LogP contribution in [0, 0.1) is 0 Å². The summed E-state index contributed by atoms with van der Waals surface area (Å²) < 4.78 is 0. The summed E-state index contributed by atoms with van der Waals surface area (Å²) >= 11 is 0.